The molecule has 0 fully saturated rings. The summed E-state index contributed by atoms with van der Waals surface area (Å²) in [6, 6.07) is 23.1. The number of nitrogens with zero attached hydrogens (tertiary/aromatic N) is 1. The van der Waals surface area contributed by atoms with E-state index in [0.29, 0.717) is 32.7 Å². The fourth-order valence-electron chi connectivity index (χ4n) is 3.05. The summed E-state index contributed by atoms with van der Waals surface area (Å²) in [5.41, 5.74) is 2.91. The minimum atomic E-state index is -0.583. The van der Waals surface area contributed by atoms with Gasteiger partial charge in [-0.2, -0.15) is 0 Å². The van der Waals surface area contributed by atoms with Crippen molar-refractivity contribution in [2.45, 2.75) is 0 Å². The Morgan fingerprint density at radius 2 is 1.67 bits per heavy atom. The molecular weight excluding hydrogens is 466 g/mol. The van der Waals surface area contributed by atoms with Crippen molar-refractivity contribution in [2.75, 3.05) is 6.61 Å². The van der Waals surface area contributed by atoms with Gasteiger partial charge in [-0.3, -0.25) is 4.79 Å². The summed E-state index contributed by atoms with van der Waals surface area (Å²) in [4.78, 5) is 29.9. The second-order valence-corrected chi connectivity index (χ2v) is 7.94. The van der Waals surface area contributed by atoms with Gasteiger partial charge in [0, 0.05) is 26.0 Å². The van der Waals surface area contributed by atoms with E-state index in [4.69, 9.17) is 16.3 Å². The number of ether oxygens (including phenoxy) is 1. The van der Waals surface area contributed by atoms with Crippen molar-refractivity contribution in [3.05, 3.63) is 99.5 Å². The average Bonchev–Trinajstić information content (AvgIpc) is 2.77. The van der Waals surface area contributed by atoms with Crippen molar-refractivity contribution in [2.24, 2.45) is 0 Å². The lowest BCUT2D eigenvalue weighted by molar-refractivity contribution is 0.0476. The SMILES string of the molecule is O=C(COC(=O)c1cc(-c2ccc(Cl)cc2)nc2ccc(Br)cc12)c1ccccc1. The van der Waals surface area contributed by atoms with Crippen LogP contribution in [0.5, 0.6) is 0 Å². The van der Waals surface area contributed by atoms with Crippen LogP contribution in [0.1, 0.15) is 20.7 Å². The summed E-state index contributed by atoms with van der Waals surface area (Å²) < 4.78 is 6.16. The van der Waals surface area contributed by atoms with E-state index in [1.54, 1.807) is 42.5 Å². The quantitative estimate of drug-likeness (QED) is 0.246. The van der Waals surface area contributed by atoms with Gasteiger partial charge in [-0.15, -0.1) is 0 Å². The van der Waals surface area contributed by atoms with E-state index < -0.39 is 5.97 Å². The van der Waals surface area contributed by atoms with Crippen LogP contribution in [0.15, 0.2) is 83.3 Å². The highest BCUT2D eigenvalue weighted by Crippen LogP contribution is 2.28. The molecular formula is C24H15BrClNO3. The summed E-state index contributed by atoms with van der Waals surface area (Å²) in [6.07, 6.45) is 0. The zero-order valence-electron chi connectivity index (χ0n) is 15.6. The Balaban J connectivity index is 1.69. The predicted molar refractivity (Wildman–Crippen MR) is 121 cm³/mol. The van der Waals surface area contributed by atoms with Crippen molar-refractivity contribution in [1.29, 1.82) is 0 Å². The van der Waals surface area contributed by atoms with E-state index in [1.165, 1.54) is 0 Å². The number of benzene rings is 3. The highest BCUT2D eigenvalue weighted by atomic mass is 79.9. The molecule has 4 nitrogen and oxygen atoms in total. The van der Waals surface area contributed by atoms with Crippen molar-refractivity contribution in [3.63, 3.8) is 0 Å². The maximum absolute atomic E-state index is 12.9. The normalized spacial score (nSPS) is 10.7. The van der Waals surface area contributed by atoms with Crippen molar-refractivity contribution in [3.8, 4) is 11.3 Å². The standard InChI is InChI=1S/C24H15BrClNO3/c25-17-8-11-21-19(12-17)20(13-22(27-21)15-6-9-18(26)10-7-15)24(29)30-14-23(28)16-4-2-1-3-5-16/h1-13H,14H2. The molecule has 0 bridgehead atoms. The molecule has 0 saturated heterocycles. The number of fused-ring (bicyclic) bond motifs is 1. The van der Waals surface area contributed by atoms with E-state index in [9.17, 15) is 9.59 Å². The zero-order chi connectivity index (χ0) is 21.1. The maximum Gasteiger partial charge on any atom is 0.339 e. The lowest BCUT2D eigenvalue weighted by Gasteiger charge is -2.11. The first kappa shape index (κ1) is 20.3. The Labute approximate surface area is 186 Å². The number of halogens is 2. The average molecular weight is 481 g/mol. The molecule has 0 amide bonds. The summed E-state index contributed by atoms with van der Waals surface area (Å²) in [6.45, 7) is -0.336. The van der Waals surface area contributed by atoms with Crippen LogP contribution in [0, 0.1) is 0 Å². The number of aromatic nitrogens is 1. The van der Waals surface area contributed by atoms with Crippen LogP contribution in [0.3, 0.4) is 0 Å². The van der Waals surface area contributed by atoms with Crippen LogP contribution < -0.4 is 0 Å². The van der Waals surface area contributed by atoms with Gasteiger partial charge in [0.2, 0.25) is 0 Å². The second-order valence-electron chi connectivity index (χ2n) is 6.59. The molecule has 0 spiro atoms. The molecule has 30 heavy (non-hydrogen) atoms. The third kappa shape index (κ3) is 4.42. The van der Waals surface area contributed by atoms with Gasteiger partial charge in [-0.05, 0) is 36.4 Å². The van der Waals surface area contributed by atoms with Crippen LogP contribution in [0.2, 0.25) is 5.02 Å². The molecule has 3 aromatic carbocycles. The number of Topliss-reactive ketones (excluding diaryl/α,β-unsaturated/α-hetero) is 1. The smallest absolute Gasteiger partial charge is 0.339 e. The largest absolute Gasteiger partial charge is 0.454 e. The molecule has 1 aromatic heterocycles. The molecule has 0 N–H and O–H groups in total. The van der Waals surface area contributed by atoms with Crippen LogP contribution in [-0.2, 0) is 4.74 Å². The molecule has 0 atom stereocenters. The lowest BCUT2D eigenvalue weighted by Crippen LogP contribution is -2.15. The van der Waals surface area contributed by atoms with Crippen LogP contribution >= 0.6 is 27.5 Å². The number of carbonyl (C=O) groups is 2. The molecule has 0 unspecified atom stereocenters. The van der Waals surface area contributed by atoms with Crippen LogP contribution in [-0.4, -0.2) is 23.3 Å². The van der Waals surface area contributed by atoms with Crippen molar-refractivity contribution in [1.82, 2.24) is 4.98 Å². The molecule has 4 rings (SSSR count). The summed E-state index contributed by atoms with van der Waals surface area (Å²) >= 11 is 9.41. The molecule has 0 aliphatic carbocycles. The topological polar surface area (TPSA) is 56.3 Å². The Morgan fingerprint density at radius 3 is 2.40 bits per heavy atom. The number of hydrogen-bond donors (Lipinski definition) is 0. The first-order chi connectivity index (χ1) is 14.5. The van der Waals surface area contributed by atoms with E-state index in [0.717, 1.165) is 10.0 Å². The van der Waals surface area contributed by atoms with Gasteiger partial charge >= 0.3 is 5.97 Å². The molecule has 1 heterocycles. The van der Waals surface area contributed by atoms with Gasteiger partial charge in [-0.25, -0.2) is 9.78 Å². The van der Waals surface area contributed by atoms with Gasteiger partial charge in [0.1, 0.15) is 0 Å². The fourth-order valence-corrected chi connectivity index (χ4v) is 3.54. The predicted octanol–water partition coefficient (Wildman–Crippen LogP) is 6.36. The number of ketones is 1. The van der Waals surface area contributed by atoms with Gasteiger partial charge in [0.25, 0.3) is 0 Å². The zero-order valence-corrected chi connectivity index (χ0v) is 18.0. The summed E-state index contributed by atoms with van der Waals surface area (Å²) in [5, 5.41) is 1.25. The lowest BCUT2D eigenvalue weighted by atomic mass is 10.0. The van der Waals surface area contributed by atoms with Gasteiger partial charge in [0.05, 0.1) is 16.8 Å². The Hall–Kier alpha value is -3.02. The van der Waals surface area contributed by atoms with Crippen LogP contribution in [0.25, 0.3) is 22.2 Å². The number of rotatable bonds is 5. The molecule has 4 aromatic rings. The second kappa shape index (κ2) is 8.78. The van der Waals surface area contributed by atoms with Crippen molar-refractivity contribution >= 4 is 50.2 Å². The molecule has 148 valence electrons. The van der Waals surface area contributed by atoms with E-state index in [1.807, 2.05) is 36.4 Å². The van der Waals surface area contributed by atoms with E-state index in [2.05, 4.69) is 20.9 Å². The highest BCUT2D eigenvalue weighted by molar-refractivity contribution is 9.10. The van der Waals surface area contributed by atoms with E-state index >= 15 is 0 Å². The third-order valence-corrected chi connectivity index (χ3v) is 5.31. The maximum atomic E-state index is 12.9. The monoisotopic (exact) mass is 479 g/mol. The van der Waals surface area contributed by atoms with Gasteiger partial charge in [-0.1, -0.05) is 70.0 Å². The Bertz CT molecular complexity index is 1240. The molecule has 0 radical (unpaired) electrons. The summed E-state index contributed by atoms with van der Waals surface area (Å²) in [7, 11) is 0. The number of esters is 1. The third-order valence-electron chi connectivity index (χ3n) is 4.56. The van der Waals surface area contributed by atoms with E-state index in [-0.39, 0.29) is 12.4 Å². The fraction of sp³-hybridized carbons (Fsp3) is 0.0417. The Morgan fingerprint density at radius 1 is 0.933 bits per heavy atom. The Kier molecular flexibility index (Phi) is 5.93. The summed E-state index contributed by atoms with van der Waals surface area (Å²) in [5.74, 6) is -0.846. The van der Waals surface area contributed by atoms with Gasteiger partial charge < -0.3 is 4.74 Å². The minimum Gasteiger partial charge on any atom is -0.454 e. The minimum absolute atomic E-state index is 0.263. The van der Waals surface area contributed by atoms with Crippen LogP contribution in [0.4, 0.5) is 0 Å². The van der Waals surface area contributed by atoms with Crippen molar-refractivity contribution < 1.29 is 14.3 Å². The first-order valence-corrected chi connectivity index (χ1v) is 10.3. The highest BCUT2D eigenvalue weighted by Gasteiger charge is 2.17. The first-order valence-electron chi connectivity index (χ1n) is 9.13. The molecule has 0 aliphatic heterocycles. The molecule has 0 saturated carbocycles. The molecule has 6 heteroatoms. The molecule has 0 aliphatic rings. The number of hydrogen-bond acceptors (Lipinski definition) is 4. The number of pyridine rings is 1. The van der Waals surface area contributed by atoms with Gasteiger partial charge in [0.15, 0.2) is 12.4 Å². The number of carbonyl (C=O) groups excluding carboxylic acids is 2.